The Bertz CT molecular complexity index is 1770. The summed E-state index contributed by atoms with van der Waals surface area (Å²) in [6, 6.07) is 10.9. The number of hydrogen-bond donors (Lipinski definition) is 5. The van der Waals surface area contributed by atoms with Crippen LogP contribution in [-0.4, -0.2) is 76.4 Å². The van der Waals surface area contributed by atoms with E-state index in [0.717, 1.165) is 22.0 Å². The van der Waals surface area contributed by atoms with Gasteiger partial charge in [-0.05, 0) is 74.8 Å². The third kappa shape index (κ3) is 11.9. The average Bonchev–Trinajstić information content (AvgIpc) is 3.51. The standard InChI is InChI=1S/C41H55N5O7/c1-25(2)20-37(48)42-19-18-34-41(52)46(6)36(22-30-24-43-33-13-8-7-12-32(30)33)40(51)45-35(29-14-16-31(47)17-15-29)23-38(49)53-28(5)11-9-10-26(3)21-27(4)39(50)44-34/h7-8,10,12-17,24-25,27-28,34-36,43,47H,9,11,18-23H2,1-6H3,(H,42,48)(H,44,50)(H,45,51)/b26-10+/t27-,28-,34-,35+,36+/m0/s1. The average molecular weight is 730 g/mol. The van der Waals surface area contributed by atoms with Crippen LogP contribution >= 0.6 is 0 Å². The molecule has 1 aromatic heterocycles. The first-order valence-corrected chi connectivity index (χ1v) is 18.5. The molecule has 3 aromatic rings. The van der Waals surface area contributed by atoms with Crippen LogP contribution in [0.5, 0.6) is 5.75 Å². The Morgan fingerprint density at radius 3 is 2.43 bits per heavy atom. The molecular formula is C41H55N5O7. The fourth-order valence-electron chi connectivity index (χ4n) is 6.63. The second kappa shape index (κ2) is 19.1. The van der Waals surface area contributed by atoms with Crippen molar-refractivity contribution in [2.24, 2.45) is 11.8 Å². The Hall–Kier alpha value is -5.13. The van der Waals surface area contributed by atoms with Gasteiger partial charge in [-0.25, -0.2) is 0 Å². The molecule has 5 N–H and O–H groups in total. The molecule has 4 rings (SSSR count). The highest BCUT2D eigenvalue weighted by Gasteiger charge is 2.35. The van der Waals surface area contributed by atoms with Crippen molar-refractivity contribution in [2.75, 3.05) is 13.6 Å². The number of aromatic nitrogens is 1. The lowest BCUT2D eigenvalue weighted by Crippen LogP contribution is -2.56. The van der Waals surface area contributed by atoms with Crippen molar-refractivity contribution in [3.8, 4) is 5.75 Å². The smallest absolute Gasteiger partial charge is 0.308 e. The summed E-state index contributed by atoms with van der Waals surface area (Å²) < 4.78 is 5.76. The SMILES string of the molecule is C/C1=C\CC[C@H](C)OC(=O)C[C@H](c2ccc(O)cc2)NC(=O)[C@@H](Cc2c[nH]c3ccccc23)N(C)C(=O)[C@H](CCNC(=O)CC(C)C)NC(=O)[C@@H](C)C1. The van der Waals surface area contributed by atoms with Crippen molar-refractivity contribution in [2.45, 2.75) is 104 Å². The molecule has 12 heteroatoms. The summed E-state index contributed by atoms with van der Waals surface area (Å²) in [6.45, 7) is 9.59. The summed E-state index contributed by atoms with van der Waals surface area (Å²) in [5, 5.41) is 19.7. The summed E-state index contributed by atoms with van der Waals surface area (Å²) in [7, 11) is 1.53. The molecule has 53 heavy (non-hydrogen) atoms. The summed E-state index contributed by atoms with van der Waals surface area (Å²) in [6.07, 6.45) is 5.47. The number of esters is 1. The second-order valence-corrected chi connectivity index (χ2v) is 14.7. The van der Waals surface area contributed by atoms with Crippen molar-refractivity contribution < 1.29 is 33.8 Å². The first-order chi connectivity index (χ1) is 25.2. The molecule has 0 saturated heterocycles. The first-order valence-electron chi connectivity index (χ1n) is 18.5. The van der Waals surface area contributed by atoms with Gasteiger partial charge in [0.2, 0.25) is 23.6 Å². The summed E-state index contributed by atoms with van der Waals surface area (Å²) in [5.74, 6) is -2.27. The van der Waals surface area contributed by atoms with Crippen LogP contribution in [0.25, 0.3) is 10.9 Å². The Kier molecular flexibility index (Phi) is 14.6. The van der Waals surface area contributed by atoms with E-state index in [0.29, 0.717) is 31.2 Å². The van der Waals surface area contributed by atoms with E-state index in [4.69, 9.17) is 4.74 Å². The van der Waals surface area contributed by atoms with E-state index in [9.17, 15) is 29.1 Å². The lowest BCUT2D eigenvalue weighted by atomic mass is 9.98. The van der Waals surface area contributed by atoms with E-state index in [2.05, 4.69) is 20.9 Å². The van der Waals surface area contributed by atoms with Crippen molar-refractivity contribution in [1.82, 2.24) is 25.8 Å². The van der Waals surface area contributed by atoms with E-state index in [1.807, 2.05) is 64.2 Å². The van der Waals surface area contributed by atoms with E-state index in [-0.39, 0.29) is 49.3 Å². The maximum Gasteiger partial charge on any atom is 0.308 e. The number of rotatable bonds is 8. The Labute approximate surface area is 312 Å². The van der Waals surface area contributed by atoms with Crippen molar-refractivity contribution in [3.05, 3.63) is 77.5 Å². The Morgan fingerprint density at radius 2 is 1.72 bits per heavy atom. The van der Waals surface area contributed by atoms with Gasteiger partial charge in [0.05, 0.1) is 18.6 Å². The molecule has 2 aromatic carbocycles. The van der Waals surface area contributed by atoms with Crippen LogP contribution in [0.1, 0.15) is 90.3 Å². The maximum absolute atomic E-state index is 14.5. The van der Waals surface area contributed by atoms with Crippen LogP contribution in [0.4, 0.5) is 0 Å². The fraction of sp³-hybridized carbons (Fsp3) is 0.488. The molecule has 0 fully saturated rings. The Morgan fingerprint density at radius 1 is 1.00 bits per heavy atom. The van der Waals surface area contributed by atoms with Gasteiger partial charge in [0, 0.05) is 49.5 Å². The van der Waals surface area contributed by atoms with Gasteiger partial charge in [0.25, 0.3) is 0 Å². The van der Waals surface area contributed by atoms with Crippen molar-refractivity contribution in [3.63, 3.8) is 0 Å². The number of aromatic amines is 1. The topological polar surface area (TPSA) is 170 Å². The van der Waals surface area contributed by atoms with Crippen LogP contribution in [0.15, 0.2) is 66.4 Å². The summed E-state index contributed by atoms with van der Waals surface area (Å²) in [5.41, 5.74) is 3.23. The third-order valence-electron chi connectivity index (χ3n) is 9.63. The maximum atomic E-state index is 14.5. The number of para-hydroxylation sites is 1. The van der Waals surface area contributed by atoms with Crippen molar-refractivity contribution >= 4 is 40.5 Å². The Balaban J connectivity index is 1.74. The molecule has 1 aliphatic rings. The molecule has 5 atom stereocenters. The zero-order chi connectivity index (χ0) is 38.7. The number of likely N-dealkylation sites (N-methyl/N-ethyl adjacent to an activating group) is 1. The van der Waals surface area contributed by atoms with Gasteiger partial charge in [-0.2, -0.15) is 0 Å². The van der Waals surface area contributed by atoms with Crippen LogP contribution < -0.4 is 16.0 Å². The highest BCUT2D eigenvalue weighted by molar-refractivity contribution is 5.93. The number of fused-ring (bicyclic) bond motifs is 1. The van der Waals surface area contributed by atoms with Gasteiger partial charge in [0.15, 0.2) is 0 Å². The van der Waals surface area contributed by atoms with Crippen LogP contribution in [0, 0.1) is 11.8 Å². The number of nitrogens with one attached hydrogen (secondary N) is 4. The number of cyclic esters (lactones) is 1. The van der Waals surface area contributed by atoms with Gasteiger partial charge >= 0.3 is 5.97 Å². The number of benzene rings is 2. The van der Waals surface area contributed by atoms with Crippen LogP contribution in [-0.2, 0) is 35.1 Å². The molecule has 4 amide bonds. The predicted octanol–water partition coefficient (Wildman–Crippen LogP) is 5.23. The van der Waals surface area contributed by atoms with Crippen LogP contribution in [0.2, 0.25) is 0 Å². The number of carbonyl (C=O) groups excluding carboxylic acids is 5. The van der Waals surface area contributed by atoms with Gasteiger partial charge in [0.1, 0.15) is 17.8 Å². The normalized spacial score (nSPS) is 23.9. The number of ether oxygens (including phenoxy) is 1. The minimum atomic E-state index is -1.07. The number of amides is 4. The number of phenolic OH excluding ortho intramolecular Hbond substituents is 1. The summed E-state index contributed by atoms with van der Waals surface area (Å²) in [4.78, 5) is 73.0. The molecule has 0 spiro atoms. The van der Waals surface area contributed by atoms with Gasteiger partial charge < -0.3 is 35.7 Å². The molecule has 0 saturated carbocycles. The molecule has 0 bridgehead atoms. The molecule has 0 unspecified atom stereocenters. The zero-order valence-electron chi connectivity index (χ0n) is 31.7. The minimum Gasteiger partial charge on any atom is -0.508 e. The fourth-order valence-corrected chi connectivity index (χ4v) is 6.63. The third-order valence-corrected chi connectivity index (χ3v) is 9.63. The number of phenols is 1. The number of H-pyrrole nitrogens is 1. The van der Waals surface area contributed by atoms with E-state index >= 15 is 0 Å². The summed E-state index contributed by atoms with van der Waals surface area (Å²) >= 11 is 0. The zero-order valence-corrected chi connectivity index (χ0v) is 31.7. The largest absolute Gasteiger partial charge is 0.508 e. The lowest BCUT2D eigenvalue weighted by molar-refractivity contribution is -0.149. The number of allylic oxidation sites excluding steroid dienone is 2. The number of aromatic hydroxyl groups is 1. The highest BCUT2D eigenvalue weighted by Crippen LogP contribution is 2.25. The number of hydrogen-bond acceptors (Lipinski definition) is 7. The molecular weight excluding hydrogens is 674 g/mol. The molecule has 1 aliphatic heterocycles. The quantitative estimate of drug-likeness (QED) is 0.156. The second-order valence-electron chi connectivity index (χ2n) is 14.7. The molecule has 0 aliphatic carbocycles. The highest BCUT2D eigenvalue weighted by atomic mass is 16.5. The van der Waals surface area contributed by atoms with E-state index in [1.54, 1.807) is 19.1 Å². The van der Waals surface area contributed by atoms with Gasteiger partial charge in [-0.15, -0.1) is 0 Å². The molecule has 286 valence electrons. The number of carbonyl (C=O) groups is 5. The van der Waals surface area contributed by atoms with E-state index in [1.165, 1.54) is 24.1 Å². The molecule has 2 heterocycles. The van der Waals surface area contributed by atoms with Gasteiger partial charge in [-0.3, -0.25) is 24.0 Å². The van der Waals surface area contributed by atoms with Crippen molar-refractivity contribution in [1.29, 1.82) is 0 Å². The molecule has 0 radical (unpaired) electrons. The monoisotopic (exact) mass is 729 g/mol. The predicted molar refractivity (Wildman–Crippen MR) is 204 cm³/mol. The first kappa shape index (κ1) is 40.6. The van der Waals surface area contributed by atoms with Crippen LogP contribution in [0.3, 0.4) is 0 Å². The van der Waals surface area contributed by atoms with Gasteiger partial charge in [-0.1, -0.05) is 62.8 Å². The number of nitrogens with zero attached hydrogens (tertiary/aromatic N) is 1. The minimum absolute atomic E-state index is 0.0288. The molecule has 12 nitrogen and oxygen atoms in total. The lowest BCUT2D eigenvalue weighted by Gasteiger charge is -2.32. The van der Waals surface area contributed by atoms with E-state index < -0.39 is 47.9 Å².